The van der Waals surface area contributed by atoms with Crippen LogP contribution in [0.15, 0.2) is 48.7 Å². The minimum Gasteiger partial charge on any atom is -0.491 e. The van der Waals surface area contributed by atoms with Crippen LogP contribution < -0.4 is 15.4 Å². The first-order valence-corrected chi connectivity index (χ1v) is 8.33. The van der Waals surface area contributed by atoms with Gasteiger partial charge in [0.25, 0.3) is 0 Å². The van der Waals surface area contributed by atoms with E-state index in [2.05, 4.69) is 20.8 Å². The normalized spacial score (nSPS) is 10.6. The molecule has 0 aliphatic heterocycles. The monoisotopic (exact) mass is 339 g/mol. The number of anilines is 1. The molecular formula is C18H21N5O2. The van der Waals surface area contributed by atoms with Crippen LogP contribution in [0.2, 0.25) is 0 Å². The summed E-state index contributed by atoms with van der Waals surface area (Å²) in [5.74, 6) is 1.48. The van der Waals surface area contributed by atoms with Crippen molar-refractivity contribution in [1.82, 2.24) is 19.9 Å². The van der Waals surface area contributed by atoms with Gasteiger partial charge in [-0.15, -0.1) is 10.2 Å². The largest absolute Gasteiger partial charge is 0.491 e. The topological polar surface area (TPSA) is 80.5 Å². The molecule has 0 saturated heterocycles. The molecule has 0 spiro atoms. The van der Waals surface area contributed by atoms with Crippen molar-refractivity contribution >= 4 is 17.4 Å². The summed E-state index contributed by atoms with van der Waals surface area (Å²) in [6, 6.07) is 12.8. The molecule has 130 valence electrons. The predicted molar refractivity (Wildman–Crippen MR) is 95.9 cm³/mol. The summed E-state index contributed by atoms with van der Waals surface area (Å²) in [7, 11) is 0. The Morgan fingerprint density at radius 1 is 1.16 bits per heavy atom. The Hall–Kier alpha value is -3.09. The number of nitrogens with one attached hydrogen (secondary N) is 2. The van der Waals surface area contributed by atoms with E-state index in [-0.39, 0.29) is 6.03 Å². The van der Waals surface area contributed by atoms with Gasteiger partial charge in [-0.25, -0.2) is 4.79 Å². The van der Waals surface area contributed by atoms with Gasteiger partial charge in [-0.1, -0.05) is 25.1 Å². The van der Waals surface area contributed by atoms with Gasteiger partial charge in [0, 0.05) is 19.2 Å². The zero-order valence-electron chi connectivity index (χ0n) is 14.1. The molecule has 3 rings (SSSR count). The van der Waals surface area contributed by atoms with Crippen LogP contribution in [0.3, 0.4) is 0 Å². The van der Waals surface area contributed by atoms with Gasteiger partial charge in [0.05, 0.1) is 12.3 Å². The van der Waals surface area contributed by atoms with Crippen LogP contribution in [0.5, 0.6) is 5.75 Å². The fraction of sp³-hybridized carbons (Fsp3) is 0.278. The number of pyridine rings is 1. The van der Waals surface area contributed by atoms with Crippen LogP contribution in [0.25, 0.3) is 5.65 Å². The van der Waals surface area contributed by atoms with Crippen molar-refractivity contribution in [2.24, 2.45) is 0 Å². The molecule has 3 aromatic rings. The van der Waals surface area contributed by atoms with Crippen molar-refractivity contribution in [2.75, 3.05) is 18.5 Å². The second kappa shape index (κ2) is 8.14. The lowest BCUT2D eigenvalue weighted by atomic mass is 10.3. The van der Waals surface area contributed by atoms with Crippen molar-refractivity contribution in [3.8, 4) is 5.75 Å². The Bertz CT molecular complexity index is 846. The molecule has 0 fully saturated rings. The average Bonchev–Trinajstić information content (AvgIpc) is 3.04. The van der Waals surface area contributed by atoms with Gasteiger partial charge in [-0.05, 0) is 30.7 Å². The summed E-state index contributed by atoms with van der Waals surface area (Å²) >= 11 is 0. The van der Waals surface area contributed by atoms with Crippen molar-refractivity contribution in [3.05, 3.63) is 54.5 Å². The Kier molecular flexibility index (Phi) is 5.46. The van der Waals surface area contributed by atoms with Crippen LogP contribution >= 0.6 is 0 Å². The van der Waals surface area contributed by atoms with Gasteiger partial charge in [0.15, 0.2) is 5.65 Å². The third kappa shape index (κ3) is 4.26. The van der Waals surface area contributed by atoms with E-state index in [0.717, 1.165) is 17.9 Å². The molecule has 7 nitrogen and oxygen atoms in total. The van der Waals surface area contributed by atoms with Gasteiger partial charge >= 0.3 is 6.03 Å². The number of ether oxygens (including phenoxy) is 1. The van der Waals surface area contributed by atoms with E-state index in [1.807, 2.05) is 60.0 Å². The summed E-state index contributed by atoms with van der Waals surface area (Å²) in [5, 5.41) is 13.9. The lowest BCUT2D eigenvalue weighted by molar-refractivity contribution is 0.252. The molecule has 0 saturated carbocycles. The van der Waals surface area contributed by atoms with Crippen LogP contribution in [0.4, 0.5) is 10.5 Å². The smallest absolute Gasteiger partial charge is 0.319 e. The van der Waals surface area contributed by atoms with Gasteiger partial charge < -0.3 is 15.4 Å². The lowest BCUT2D eigenvalue weighted by Gasteiger charge is -2.12. The molecule has 0 aliphatic carbocycles. The molecule has 0 bridgehead atoms. The van der Waals surface area contributed by atoms with Gasteiger partial charge in [0.1, 0.15) is 11.6 Å². The molecule has 0 radical (unpaired) electrons. The average molecular weight is 339 g/mol. The molecule has 2 amide bonds. The maximum atomic E-state index is 12.1. The fourth-order valence-electron chi connectivity index (χ4n) is 2.42. The molecule has 0 unspecified atom stereocenters. The number of carbonyl (C=O) groups is 1. The number of para-hydroxylation sites is 2. The van der Waals surface area contributed by atoms with Crippen molar-refractivity contribution in [3.63, 3.8) is 0 Å². The number of carbonyl (C=O) groups excluding carboxylic acids is 1. The number of amides is 2. The minimum atomic E-state index is -0.277. The van der Waals surface area contributed by atoms with Crippen LogP contribution in [-0.2, 0) is 6.42 Å². The second-order valence-electron chi connectivity index (χ2n) is 5.52. The highest BCUT2D eigenvalue weighted by Crippen LogP contribution is 2.23. The molecule has 2 aromatic heterocycles. The Balaban J connectivity index is 1.53. The lowest BCUT2D eigenvalue weighted by Crippen LogP contribution is -2.31. The van der Waals surface area contributed by atoms with Crippen LogP contribution in [-0.4, -0.2) is 33.8 Å². The summed E-state index contributed by atoms with van der Waals surface area (Å²) in [6.45, 7) is 3.11. The van der Waals surface area contributed by atoms with Crippen LogP contribution in [0, 0.1) is 0 Å². The summed E-state index contributed by atoms with van der Waals surface area (Å²) in [5.41, 5.74) is 1.45. The maximum Gasteiger partial charge on any atom is 0.319 e. The SMILES string of the molecule is CCCOc1ccccc1NC(=O)NCCc1nnc2ccccn12. The maximum absolute atomic E-state index is 12.1. The Morgan fingerprint density at radius 2 is 2.00 bits per heavy atom. The molecular weight excluding hydrogens is 318 g/mol. The first-order chi connectivity index (χ1) is 12.3. The molecule has 25 heavy (non-hydrogen) atoms. The number of nitrogens with zero attached hydrogens (tertiary/aromatic N) is 3. The van der Waals surface area contributed by atoms with E-state index in [1.54, 1.807) is 0 Å². The first-order valence-electron chi connectivity index (χ1n) is 8.33. The number of hydrogen-bond acceptors (Lipinski definition) is 4. The summed E-state index contributed by atoms with van der Waals surface area (Å²) in [6.07, 6.45) is 3.41. The molecule has 1 aromatic carbocycles. The van der Waals surface area contributed by atoms with E-state index in [1.165, 1.54) is 0 Å². The number of fused-ring (bicyclic) bond motifs is 1. The third-order valence-electron chi connectivity index (χ3n) is 3.62. The quantitative estimate of drug-likeness (QED) is 0.693. The van der Waals surface area contributed by atoms with Crippen molar-refractivity contribution in [1.29, 1.82) is 0 Å². The molecule has 0 atom stereocenters. The van der Waals surface area contributed by atoms with Gasteiger partial charge in [-0.2, -0.15) is 0 Å². The minimum absolute atomic E-state index is 0.277. The number of rotatable bonds is 7. The highest BCUT2D eigenvalue weighted by Gasteiger charge is 2.08. The predicted octanol–water partition coefficient (Wildman–Crippen LogP) is 2.88. The number of hydrogen-bond donors (Lipinski definition) is 2. The number of urea groups is 1. The Labute approximate surface area is 146 Å². The number of benzene rings is 1. The standard InChI is InChI=1S/C18H21N5O2/c1-2-13-25-15-8-4-3-7-14(15)20-18(24)19-11-10-17-22-21-16-9-5-6-12-23(16)17/h3-9,12H,2,10-11,13H2,1H3,(H2,19,20,24). The van der Waals surface area contributed by atoms with E-state index in [4.69, 9.17) is 4.74 Å². The highest BCUT2D eigenvalue weighted by molar-refractivity contribution is 5.90. The molecule has 2 N–H and O–H groups in total. The zero-order valence-corrected chi connectivity index (χ0v) is 14.1. The highest BCUT2D eigenvalue weighted by atomic mass is 16.5. The van der Waals surface area contributed by atoms with E-state index >= 15 is 0 Å². The van der Waals surface area contributed by atoms with Gasteiger partial charge in [0.2, 0.25) is 0 Å². The third-order valence-corrected chi connectivity index (χ3v) is 3.62. The van der Waals surface area contributed by atoms with Crippen LogP contribution in [0.1, 0.15) is 19.2 Å². The summed E-state index contributed by atoms with van der Waals surface area (Å²) in [4.78, 5) is 12.1. The molecule has 0 aliphatic rings. The van der Waals surface area contributed by atoms with E-state index in [9.17, 15) is 4.79 Å². The van der Waals surface area contributed by atoms with E-state index in [0.29, 0.717) is 31.0 Å². The fourth-order valence-corrected chi connectivity index (χ4v) is 2.42. The van der Waals surface area contributed by atoms with E-state index < -0.39 is 0 Å². The van der Waals surface area contributed by atoms with Gasteiger partial charge in [-0.3, -0.25) is 4.40 Å². The zero-order chi connectivity index (χ0) is 17.5. The Morgan fingerprint density at radius 3 is 2.88 bits per heavy atom. The second-order valence-corrected chi connectivity index (χ2v) is 5.52. The number of aromatic nitrogens is 3. The molecule has 7 heteroatoms. The first kappa shape index (κ1) is 16.8. The van der Waals surface area contributed by atoms with Crippen molar-refractivity contribution < 1.29 is 9.53 Å². The summed E-state index contributed by atoms with van der Waals surface area (Å²) < 4.78 is 7.54. The van der Waals surface area contributed by atoms with Crippen molar-refractivity contribution in [2.45, 2.75) is 19.8 Å². The molecule has 2 heterocycles.